The van der Waals surface area contributed by atoms with Gasteiger partial charge in [-0.25, -0.2) is 0 Å². The van der Waals surface area contributed by atoms with E-state index in [-0.39, 0.29) is 11.4 Å². The lowest BCUT2D eigenvalue weighted by atomic mass is 9.39. The number of rotatable bonds is 3. The molecule has 3 heteroatoms. The Morgan fingerprint density at radius 3 is 2.20 bits per heavy atom. The number of hydrogen-bond acceptors (Lipinski definition) is 2. The lowest BCUT2D eigenvalue weighted by Crippen LogP contribution is -2.78. The third-order valence-electron chi connectivity index (χ3n) is 3.49. The van der Waals surface area contributed by atoms with Gasteiger partial charge in [-0.05, 0) is 45.4 Å². The zero-order chi connectivity index (χ0) is 11.3. The Balaban J connectivity index is 1.78. The zero-order valence-corrected chi connectivity index (χ0v) is 10.2. The number of hydrogen-bond donors (Lipinski definition) is 2. The van der Waals surface area contributed by atoms with E-state index in [4.69, 9.17) is 0 Å². The van der Waals surface area contributed by atoms with Crippen molar-refractivity contribution in [2.24, 2.45) is 5.41 Å². The van der Waals surface area contributed by atoms with Crippen LogP contribution in [0.25, 0.3) is 0 Å². The molecule has 0 aromatic heterocycles. The largest absolute Gasteiger partial charge is 0.356 e. The predicted molar refractivity (Wildman–Crippen MR) is 60.6 cm³/mol. The summed E-state index contributed by atoms with van der Waals surface area (Å²) in [5.74, 6) is 0.0950. The van der Waals surface area contributed by atoms with E-state index in [1.54, 1.807) is 6.92 Å². The average molecular weight is 210 g/mol. The monoisotopic (exact) mass is 210 g/mol. The van der Waals surface area contributed by atoms with E-state index in [1.807, 2.05) is 0 Å². The van der Waals surface area contributed by atoms with E-state index >= 15 is 0 Å². The Bertz CT molecular complexity index is 271. The first-order chi connectivity index (χ1) is 6.74. The molecule has 0 heterocycles. The summed E-state index contributed by atoms with van der Waals surface area (Å²) in [5.41, 5.74) is 1.04. The Morgan fingerprint density at radius 1 is 1.27 bits per heavy atom. The van der Waals surface area contributed by atoms with Crippen molar-refractivity contribution in [2.45, 2.75) is 58.0 Å². The molecule has 86 valence electrons. The SMILES string of the molecule is CC(=O)NCC12CC(NC(C)(C)C)(C1)C2. The number of nitrogens with one attached hydrogen (secondary N) is 2. The van der Waals surface area contributed by atoms with Crippen molar-refractivity contribution in [2.75, 3.05) is 6.54 Å². The molecule has 3 fully saturated rings. The molecule has 0 aliphatic heterocycles. The average Bonchev–Trinajstić information content (AvgIpc) is 1.88. The quantitative estimate of drug-likeness (QED) is 0.740. The van der Waals surface area contributed by atoms with Gasteiger partial charge in [0, 0.05) is 24.5 Å². The van der Waals surface area contributed by atoms with Gasteiger partial charge < -0.3 is 10.6 Å². The molecule has 2 bridgehead atoms. The molecular weight excluding hydrogens is 188 g/mol. The van der Waals surface area contributed by atoms with Crippen LogP contribution in [0.4, 0.5) is 0 Å². The molecular formula is C12H22N2O. The molecule has 0 spiro atoms. The molecule has 0 unspecified atom stereocenters. The van der Waals surface area contributed by atoms with E-state index in [0.29, 0.717) is 11.0 Å². The molecule has 0 radical (unpaired) electrons. The van der Waals surface area contributed by atoms with Crippen LogP contribution in [0.1, 0.15) is 47.0 Å². The molecule has 3 aliphatic rings. The second kappa shape index (κ2) is 2.97. The molecule has 0 saturated heterocycles. The van der Waals surface area contributed by atoms with Crippen molar-refractivity contribution in [1.29, 1.82) is 0 Å². The van der Waals surface area contributed by atoms with Gasteiger partial charge in [0.25, 0.3) is 0 Å². The first kappa shape index (κ1) is 10.9. The summed E-state index contributed by atoms with van der Waals surface area (Å²) >= 11 is 0. The first-order valence-corrected chi connectivity index (χ1v) is 5.78. The van der Waals surface area contributed by atoms with Gasteiger partial charge in [0.05, 0.1) is 0 Å². The molecule has 3 saturated carbocycles. The minimum absolute atomic E-state index is 0.0950. The van der Waals surface area contributed by atoms with Crippen molar-refractivity contribution >= 4 is 5.91 Å². The summed E-state index contributed by atoms with van der Waals surface area (Å²) in [6.07, 6.45) is 3.70. The highest BCUT2D eigenvalue weighted by atomic mass is 16.1. The van der Waals surface area contributed by atoms with Gasteiger partial charge in [0.1, 0.15) is 0 Å². The second-order valence-electron chi connectivity index (χ2n) is 6.60. The molecule has 0 atom stereocenters. The maximum absolute atomic E-state index is 10.8. The molecule has 3 rings (SSSR count). The lowest BCUT2D eigenvalue weighted by Gasteiger charge is -2.72. The highest BCUT2D eigenvalue weighted by molar-refractivity contribution is 5.72. The van der Waals surface area contributed by atoms with Gasteiger partial charge in [-0.2, -0.15) is 0 Å². The molecule has 2 N–H and O–H groups in total. The lowest BCUT2D eigenvalue weighted by molar-refractivity contribution is -0.163. The summed E-state index contributed by atoms with van der Waals surface area (Å²) in [6, 6.07) is 0. The normalized spacial score (nSPS) is 37.9. The van der Waals surface area contributed by atoms with Crippen molar-refractivity contribution < 1.29 is 4.79 Å². The van der Waals surface area contributed by atoms with Crippen LogP contribution in [0.3, 0.4) is 0 Å². The van der Waals surface area contributed by atoms with Gasteiger partial charge in [-0.3, -0.25) is 4.79 Å². The molecule has 1 amide bonds. The van der Waals surface area contributed by atoms with E-state index < -0.39 is 0 Å². The molecule has 0 aromatic carbocycles. The predicted octanol–water partition coefficient (Wildman–Crippen LogP) is 1.43. The minimum Gasteiger partial charge on any atom is -0.356 e. The standard InChI is InChI=1S/C12H22N2O/c1-9(15)13-8-11-5-12(6-11,7-11)14-10(2,3)4/h14H,5-8H2,1-4H3,(H,13,15). The Kier molecular flexibility index (Phi) is 2.16. The topological polar surface area (TPSA) is 41.1 Å². The van der Waals surface area contributed by atoms with Crippen molar-refractivity contribution in [1.82, 2.24) is 10.6 Å². The third-order valence-corrected chi connectivity index (χ3v) is 3.49. The summed E-state index contributed by atoms with van der Waals surface area (Å²) in [4.78, 5) is 10.8. The van der Waals surface area contributed by atoms with Crippen LogP contribution >= 0.6 is 0 Å². The molecule has 15 heavy (non-hydrogen) atoms. The second-order valence-corrected chi connectivity index (χ2v) is 6.60. The molecule has 3 aliphatic carbocycles. The fourth-order valence-corrected chi connectivity index (χ4v) is 3.43. The van der Waals surface area contributed by atoms with Crippen LogP contribution in [0.5, 0.6) is 0 Å². The summed E-state index contributed by atoms with van der Waals surface area (Å²) < 4.78 is 0. The Labute approximate surface area is 92.0 Å². The maximum Gasteiger partial charge on any atom is 0.216 e. The highest BCUT2D eigenvalue weighted by Crippen LogP contribution is 2.67. The van der Waals surface area contributed by atoms with E-state index in [1.165, 1.54) is 19.3 Å². The molecule has 0 aromatic rings. The number of amides is 1. The third kappa shape index (κ3) is 2.03. The van der Waals surface area contributed by atoms with Gasteiger partial charge in [0.2, 0.25) is 5.91 Å². The van der Waals surface area contributed by atoms with Crippen LogP contribution in [0, 0.1) is 5.41 Å². The fraction of sp³-hybridized carbons (Fsp3) is 0.917. The van der Waals surface area contributed by atoms with Crippen LogP contribution in [0.15, 0.2) is 0 Å². The summed E-state index contributed by atoms with van der Waals surface area (Å²) in [5, 5.41) is 6.64. The van der Waals surface area contributed by atoms with Crippen molar-refractivity contribution in [3.8, 4) is 0 Å². The minimum atomic E-state index is 0.0950. The molecule has 3 nitrogen and oxygen atoms in total. The summed E-state index contributed by atoms with van der Waals surface area (Å²) in [6.45, 7) is 9.11. The van der Waals surface area contributed by atoms with Crippen LogP contribution in [-0.4, -0.2) is 23.5 Å². The maximum atomic E-state index is 10.8. The Hall–Kier alpha value is -0.570. The van der Waals surface area contributed by atoms with Crippen LogP contribution in [-0.2, 0) is 4.79 Å². The highest BCUT2D eigenvalue weighted by Gasteiger charge is 2.67. The summed E-state index contributed by atoms with van der Waals surface area (Å²) in [7, 11) is 0. The Morgan fingerprint density at radius 2 is 1.80 bits per heavy atom. The van der Waals surface area contributed by atoms with E-state index in [0.717, 1.165) is 6.54 Å². The zero-order valence-electron chi connectivity index (χ0n) is 10.2. The van der Waals surface area contributed by atoms with Crippen LogP contribution in [0.2, 0.25) is 0 Å². The first-order valence-electron chi connectivity index (χ1n) is 5.78. The van der Waals surface area contributed by atoms with Gasteiger partial charge >= 0.3 is 0 Å². The van der Waals surface area contributed by atoms with Crippen molar-refractivity contribution in [3.05, 3.63) is 0 Å². The van der Waals surface area contributed by atoms with Gasteiger partial charge in [0.15, 0.2) is 0 Å². The smallest absolute Gasteiger partial charge is 0.216 e. The number of carbonyl (C=O) groups is 1. The van der Waals surface area contributed by atoms with Crippen LogP contribution < -0.4 is 10.6 Å². The fourth-order valence-electron chi connectivity index (χ4n) is 3.43. The van der Waals surface area contributed by atoms with E-state index in [9.17, 15) is 4.79 Å². The van der Waals surface area contributed by atoms with E-state index in [2.05, 4.69) is 31.4 Å². The van der Waals surface area contributed by atoms with Crippen molar-refractivity contribution in [3.63, 3.8) is 0 Å². The number of carbonyl (C=O) groups excluding carboxylic acids is 1. The van der Waals surface area contributed by atoms with Gasteiger partial charge in [-0.15, -0.1) is 0 Å². The van der Waals surface area contributed by atoms with Gasteiger partial charge in [-0.1, -0.05) is 0 Å².